The quantitative estimate of drug-likeness (QED) is 0.593. The highest BCUT2D eigenvalue weighted by Crippen LogP contribution is 2.36. The van der Waals surface area contributed by atoms with Gasteiger partial charge in [-0.25, -0.2) is 0 Å². The van der Waals surface area contributed by atoms with E-state index in [1.54, 1.807) is 11.3 Å². The number of carbonyl (C=O) groups excluding carboxylic acids is 1. The van der Waals surface area contributed by atoms with Gasteiger partial charge in [0, 0.05) is 20.5 Å². The minimum atomic E-state index is -0.494. The lowest BCUT2D eigenvalue weighted by molar-refractivity contribution is 0.0997. The van der Waals surface area contributed by atoms with Crippen molar-refractivity contribution in [3.8, 4) is 10.4 Å². The van der Waals surface area contributed by atoms with Crippen molar-refractivity contribution < 1.29 is 4.79 Å². The first-order chi connectivity index (χ1) is 10.2. The minimum Gasteiger partial charge on any atom is -0.364 e. The molecule has 4 nitrogen and oxygen atoms in total. The molecule has 3 N–H and O–H groups in total. The molecule has 2 aromatic heterocycles. The van der Waals surface area contributed by atoms with Crippen LogP contribution >= 0.6 is 11.3 Å². The lowest BCUT2D eigenvalue weighted by Gasteiger charge is -1.98. The van der Waals surface area contributed by atoms with Crippen LogP contribution < -0.4 is 5.73 Å². The highest BCUT2D eigenvalue weighted by Gasteiger charge is 2.15. The summed E-state index contributed by atoms with van der Waals surface area (Å²) in [4.78, 5) is 12.5. The highest BCUT2D eigenvalue weighted by molar-refractivity contribution is 7.22. The van der Waals surface area contributed by atoms with Crippen molar-refractivity contribution in [2.24, 2.45) is 5.73 Å². The van der Waals surface area contributed by atoms with Crippen LogP contribution in [0.25, 0.3) is 31.4 Å². The van der Waals surface area contributed by atoms with Crippen LogP contribution in [0.3, 0.4) is 0 Å². The summed E-state index contributed by atoms with van der Waals surface area (Å²) in [7, 11) is 0. The van der Waals surface area contributed by atoms with Crippen molar-refractivity contribution in [2.45, 2.75) is 0 Å². The standard InChI is InChI=1S/C16H11N3OS/c17-16(20)15-11-6-3-5-10(14(11)18-19-15)13-8-9-4-1-2-7-12(9)21-13/h1-8H,(H2,17,20)(H,18,19). The number of nitrogens with zero attached hydrogens (tertiary/aromatic N) is 1. The molecule has 0 aliphatic carbocycles. The van der Waals surface area contributed by atoms with Crippen molar-refractivity contribution in [2.75, 3.05) is 0 Å². The Morgan fingerprint density at radius 3 is 2.81 bits per heavy atom. The van der Waals surface area contributed by atoms with Crippen LogP contribution in [0.15, 0.2) is 48.5 Å². The molecule has 0 unspecified atom stereocenters. The average Bonchev–Trinajstić information content (AvgIpc) is 3.10. The second-order valence-corrected chi connectivity index (χ2v) is 5.90. The van der Waals surface area contributed by atoms with Gasteiger partial charge in [-0.05, 0) is 17.5 Å². The third-order valence-electron chi connectivity index (χ3n) is 3.52. The SMILES string of the molecule is NC(=O)c1[nH]nc2c(-c3cc4ccccc4s3)cccc12. The van der Waals surface area contributed by atoms with Gasteiger partial charge in [0.2, 0.25) is 0 Å². The first-order valence-corrected chi connectivity index (χ1v) is 7.31. The maximum absolute atomic E-state index is 11.4. The fraction of sp³-hybridized carbons (Fsp3) is 0. The van der Waals surface area contributed by atoms with Crippen LogP contribution in [0.2, 0.25) is 0 Å². The molecule has 102 valence electrons. The van der Waals surface area contributed by atoms with E-state index in [2.05, 4.69) is 28.4 Å². The highest BCUT2D eigenvalue weighted by atomic mass is 32.1. The molecule has 0 saturated carbocycles. The number of aromatic amines is 1. The van der Waals surface area contributed by atoms with Gasteiger partial charge in [0.1, 0.15) is 11.2 Å². The number of aromatic nitrogens is 2. The van der Waals surface area contributed by atoms with Gasteiger partial charge in [0.15, 0.2) is 0 Å². The molecule has 0 aliphatic rings. The van der Waals surface area contributed by atoms with Gasteiger partial charge in [-0.1, -0.05) is 36.4 Å². The minimum absolute atomic E-state index is 0.355. The largest absolute Gasteiger partial charge is 0.364 e. The van der Waals surface area contributed by atoms with E-state index in [9.17, 15) is 4.79 Å². The van der Waals surface area contributed by atoms with Crippen LogP contribution in [-0.2, 0) is 0 Å². The first-order valence-electron chi connectivity index (χ1n) is 6.50. The zero-order valence-electron chi connectivity index (χ0n) is 11.0. The van der Waals surface area contributed by atoms with Gasteiger partial charge in [-0.2, -0.15) is 5.10 Å². The summed E-state index contributed by atoms with van der Waals surface area (Å²) in [6, 6.07) is 16.2. The second-order valence-electron chi connectivity index (χ2n) is 4.81. The molecular formula is C16H11N3OS. The Morgan fingerprint density at radius 2 is 2.00 bits per heavy atom. The van der Waals surface area contributed by atoms with E-state index in [1.807, 2.05) is 30.3 Å². The number of fused-ring (bicyclic) bond motifs is 2. The lowest BCUT2D eigenvalue weighted by Crippen LogP contribution is -2.11. The summed E-state index contributed by atoms with van der Waals surface area (Å²) < 4.78 is 1.23. The Hall–Kier alpha value is -2.66. The Bertz CT molecular complexity index is 950. The number of hydrogen-bond donors (Lipinski definition) is 2. The number of para-hydroxylation sites is 1. The molecule has 0 fully saturated rings. The van der Waals surface area contributed by atoms with Crippen molar-refractivity contribution >= 4 is 38.2 Å². The molecule has 1 amide bonds. The third kappa shape index (κ3) is 1.82. The van der Waals surface area contributed by atoms with E-state index in [1.165, 1.54) is 10.1 Å². The van der Waals surface area contributed by atoms with Crippen LogP contribution in [-0.4, -0.2) is 16.1 Å². The summed E-state index contributed by atoms with van der Waals surface area (Å²) in [6.07, 6.45) is 0. The molecule has 0 aliphatic heterocycles. The summed E-state index contributed by atoms with van der Waals surface area (Å²) in [5.74, 6) is -0.494. The van der Waals surface area contributed by atoms with E-state index in [4.69, 9.17) is 5.73 Å². The van der Waals surface area contributed by atoms with Crippen molar-refractivity contribution in [1.29, 1.82) is 0 Å². The molecule has 2 aromatic carbocycles. The number of nitrogens with one attached hydrogen (secondary N) is 1. The predicted molar refractivity (Wildman–Crippen MR) is 85.4 cm³/mol. The number of amides is 1. The Kier molecular flexibility index (Phi) is 2.55. The molecule has 2 heterocycles. The Balaban J connectivity index is 1.99. The molecule has 5 heteroatoms. The summed E-state index contributed by atoms with van der Waals surface area (Å²) in [5, 5.41) is 8.97. The molecule has 4 aromatic rings. The molecule has 4 rings (SSSR count). The summed E-state index contributed by atoms with van der Waals surface area (Å²) >= 11 is 1.71. The van der Waals surface area contributed by atoms with Crippen LogP contribution in [0.4, 0.5) is 0 Å². The van der Waals surface area contributed by atoms with Gasteiger partial charge in [0.25, 0.3) is 5.91 Å². The predicted octanol–water partition coefficient (Wildman–Crippen LogP) is 3.54. The fourth-order valence-corrected chi connectivity index (χ4v) is 3.63. The van der Waals surface area contributed by atoms with Gasteiger partial charge in [-0.15, -0.1) is 11.3 Å². The van der Waals surface area contributed by atoms with Crippen molar-refractivity contribution in [3.05, 3.63) is 54.2 Å². The summed E-state index contributed by atoms with van der Waals surface area (Å²) in [5.41, 5.74) is 7.51. The zero-order valence-corrected chi connectivity index (χ0v) is 11.8. The van der Waals surface area contributed by atoms with E-state index in [0.717, 1.165) is 21.3 Å². The molecule has 0 atom stereocenters. The fourth-order valence-electron chi connectivity index (χ4n) is 2.54. The third-order valence-corrected chi connectivity index (χ3v) is 4.67. The number of nitrogens with two attached hydrogens (primary N) is 1. The number of benzene rings is 2. The molecule has 0 saturated heterocycles. The number of thiophene rings is 1. The van der Waals surface area contributed by atoms with Crippen molar-refractivity contribution in [1.82, 2.24) is 10.2 Å². The Morgan fingerprint density at radius 1 is 1.14 bits per heavy atom. The number of H-pyrrole nitrogens is 1. The van der Waals surface area contributed by atoms with E-state index in [0.29, 0.717) is 5.69 Å². The zero-order chi connectivity index (χ0) is 14.4. The van der Waals surface area contributed by atoms with Crippen molar-refractivity contribution in [3.63, 3.8) is 0 Å². The van der Waals surface area contributed by atoms with Gasteiger partial charge < -0.3 is 5.73 Å². The number of carbonyl (C=O) groups is 1. The molecule has 21 heavy (non-hydrogen) atoms. The molecule has 0 radical (unpaired) electrons. The maximum atomic E-state index is 11.4. The van der Waals surface area contributed by atoms with Crippen LogP contribution in [0.5, 0.6) is 0 Å². The lowest BCUT2D eigenvalue weighted by atomic mass is 10.1. The molecular weight excluding hydrogens is 282 g/mol. The van der Waals surface area contributed by atoms with Gasteiger partial charge >= 0.3 is 0 Å². The van der Waals surface area contributed by atoms with Gasteiger partial charge in [-0.3, -0.25) is 9.89 Å². The van der Waals surface area contributed by atoms with E-state index in [-0.39, 0.29) is 0 Å². The van der Waals surface area contributed by atoms with E-state index >= 15 is 0 Å². The average molecular weight is 293 g/mol. The maximum Gasteiger partial charge on any atom is 0.267 e. The van der Waals surface area contributed by atoms with Crippen LogP contribution in [0.1, 0.15) is 10.5 Å². The first kappa shape index (κ1) is 12.1. The van der Waals surface area contributed by atoms with Gasteiger partial charge in [0.05, 0.1) is 0 Å². The normalized spacial score (nSPS) is 11.2. The van der Waals surface area contributed by atoms with Crippen LogP contribution in [0, 0.1) is 0 Å². The number of primary amides is 1. The smallest absolute Gasteiger partial charge is 0.267 e. The Labute approximate surface area is 124 Å². The number of hydrogen-bond acceptors (Lipinski definition) is 3. The molecule has 0 bridgehead atoms. The summed E-state index contributed by atoms with van der Waals surface area (Å²) in [6.45, 7) is 0. The van der Waals surface area contributed by atoms with E-state index < -0.39 is 5.91 Å². The number of rotatable bonds is 2. The monoisotopic (exact) mass is 293 g/mol. The second kappa shape index (κ2) is 4.43. The topological polar surface area (TPSA) is 71.8 Å². The molecule has 0 spiro atoms.